The van der Waals surface area contributed by atoms with E-state index in [2.05, 4.69) is 11.8 Å². The molecule has 33 heavy (non-hydrogen) atoms. The van der Waals surface area contributed by atoms with Gasteiger partial charge in [-0.1, -0.05) is 48.2 Å². The third-order valence-electron chi connectivity index (χ3n) is 5.13. The van der Waals surface area contributed by atoms with Crippen LogP contribution in [0.2, 0.25) is 0 Å². The molecule has 0 saturated carbocycles. The Hall–Kier alpha value is -4.02. The third kappa shape index (κ3) is 5.08. The second kappa shape index (κ2) is 9.63. The first-order chi connectivity index (χ1) is 15.9. The van der Waals surface area contributed by atoms with Crippen molar-refractivity contribution in [2.24, 2.45) is 5.73 Å². The number of nitrogens with zero attached hydrogens (tertiary/aromatic N) is 1. The molecule has 164 valence electrons. The van der Waals surface area contributed by atoms with Gasteiger partial charge in [0.05, 0.1) is 11.7 Å². The Morgan fingerprint density at radius 1 is 0.939 bits per heavy atom. The summed E-state index contributed by atoms with van der Waals surface area (Å²) in [5, 5.41) is 8.07. The van der Waals surface area contributed by atoms with Crippen molar-refractivity contribution in [2.75, 3.05) is 4.90 Å². The number of hydrogen-bond acceptors (Lipinski definition) is 4. The molecule has 0 aromatic heterocycles. The van der Waals surface area contributed by atoms with Crippen LogP contribution in [0.1, 0.15) is 38.8 Å². The van der Waals surface area contributed by atoms with E-state index in [0.29, 0.717) is 5.69 Å². The molecule has 4 rings (SSSR count). The van der Waals surface area contributed by atoms with Gasteiger partial charge in [-0.2, -0.15) is 0 Å². The molecule has 2 amide bonds. The molecule has 0 unspecified atom stereocenters. The summed E-state index contributed by atoms with van der Waals surface area (Å²) in [6.45, 7) is 0. The lowest BCUT2D eigenvalue weighted by molar-refractivity contribution is -0.138. The predicted octanol–water partition coefficient (Wildman–Crippen LogP) is 3.81. The molecule has 0 bridgehead atoms. The van der Waals surface area contributed by atoms with Crippen LogP contribution in [0.4, 0.5) is 5.69 Å². The standard InChI is InChI=1S/C26H20N2O4S/c27-24(31)20-7-4-8-21(15-20)28-25(32)22(16-23(29)30)33-26(28)19-13-11-18(12-14-19)10-9-17-5-2-1-3-6-17/h1-8,11-15,22,26H,16H2,(H2,27,31)(H,29,30)/t22-,26-/m0/s1. The number of nitrogens with two attached hydrogens (primary N) is 1. The number of carboxylic acid groups (broad SMARTS) is 1. The van der Waals surface area contributed by atoms with E-state index in [1.807, 2.05) is 54.6 Å². The van der Waals surface area contributed by atoms with Crippen LogP contribution in [0.5, 0.6) is 0 Å². The number of carbonyl (C=O) groups excluding carboxylic acids is 2. The number of rotatable bonds is 5. The number of amides is 2. The Bertz CT molecular complexity index is 1260. The summed E-state index contributed by atoms with van der Waals surface area (Å²) in [4.78, 5) is 37.6. The van der Waals surface area contributed by atoms with Gasteiger partial charge in [-0.15, -0.1) is 11.8 Å². The van der Waals surface area contributed by atoms with E-state index in [0.717, 1.165) is 16.7 Å². The highest BCUT2D eigenvalue weighted by Crippen LogP contribution is 2.46. The Morgan fingerprint density at radius 2 is 1.61 bits per heavy atom. The lowest BCUT2D eigenvalue weighted by atomic mass is 10.1. The normalized spacial score (nSPS) is 17.3. The molecule has 3 N–H and O–H groups in total. The molecule has 3 aromatic carbocycles. The maximum absolute atomic E-state index is 13.1. The summed E-state index contributed by atoms with van der Waals surface area (Å²) < 4.78 is 0. The van der Waals surface area contributed by atoms with Gasteiger partial charge < -0.3 is 10.8 Å². The molecule has 6 nitrogen and oxygen atoms in total. The Morgan fingerprint density at radius 3 is 2.24 bits per heavy atom. The van der Waals surface area contributed by atoms with E-state index in [1.165, 1.54) is 16.7 Å². The van der Waals surface area contributed by atoms with Gasteiger partial charge in [0, 0.05) is 22.4 Å². The number of thioether (sulfide) groups is 1. The zero-order chi connectivity index (χ0) is 23.4. The smallest absolute Gasteiger partial charge is 0.305 e. The van der Waals surface area contributed by atoms with E-state index in [1.54, 1.807) is 24.3 Å². The summed E-state index contributed by atoms with van der Waals surface area (Å²) >= 11 is 1.28. The van der Waals surface area contributed by atoms with Crippen LogP contribution in [-0.2, 0) is 9.59 Å². The average molecular weight is 457 g/mol. The Balaban J connectivity index is 1.65. The number of primary amides is 1. The van der Waals surface area contributed by atoms with Crippen molar-refractivity contribution in [1.29, 1.82) is 0 Å². The number of hydrogen-bond donors (Lipinski definition) is 2. The average Bonchev–Trinajstić information content (AvgIpc) is 3.14. The SMILES string of the molecule is NC(=O)c1cccc(N2C(=O)[C@H](CC(=O)O)S[C@H]2c2ccc(C#Cc3ccccc3)cc2)c1. The molecule has 1 fully saturated rings. The highest BCUT2D eigenvalue weighted by Gasteiger charge is 2.42. The first kappa shape index (κ1) is 22.2. The lowest BCUT2D eigenvalue weighted by Gasteiger charge is -2.24. The van der Waals surface area contributed by atoms with Crippen LogP contribution in [0.25, 0.3) is 0 Å². The topological polar surface area (TPSA) is 101 Å². The highest BCUT2D eigenvalue weighted by atomic mass is 32.2. The van der Waals surface area contributed by atoms with Gasteiger partial charge in [0.15, 0.2) is 0 Å². The first-order valence-corrected chi connectivity index (χ1v) is 11.1. The van der Waals surface area contributed by atoms with Crippen LogP contribution in [0, 0.1) is 11.8 Å². The van der Waals surface area contributed by atoms with E-state index in [-0.39, 0.29) is 17.9 Å². The minimum atomic E-state index is -1.04. The maximum atomic E-state index is 13.1. The van der Waals surface area contributed by atoms with Crippen LogP contribution in [0.15, 0.2) is 78.9 Å². The van der Waals surface area contributed by atoms with Gasteiger partial charge in [-0.05, 0) is 48.0 Å². The molecule has 1 heterocycles. The van der Waals surface area contributed by atoms with E-state index in [9.17, 15) is 19.5 Å². The summed E-state index contributed by atoms with van der Waals surface area (Å²) in [6.07, 6.45) is -0.285. The van der Waals surface area contributed by atoms with Gasteiger partial charge in [0.1, 0.15) is 5.37 Å². The summed E-state index contributed by atoms with van der Waals surface area (Å²) in [6, 6.07) is 23.7. The fourth-order valence-corrected chi connectivity index (χ4v) is 4.98. The second-order valence-corrected chi connectivity index (χ2v) is 8.72. The largest absolute Gasteiger partial charge is 0.481 e. The van der Waals surface area contributed by atoms with Crippen molar-refractivity contribution >= 4 is 35.2 Å². The van der Waals surface area contributed by atoms with Crippen molar-refractivity contribution < 1.29 is 19.5 Å². The van der Waals surface area contributed by atoms with Crippen molar-refractivity contribution in [2.45, 2.75) is 17.0 Å². The van der Waals surface area contributed by atoms with Gasteiger partial charge in [-0.25, -0.2) is 0 Å². The Labute approximate surface area is 195 Å². The molecule has 2 atom stereocenters. The van der Waals surface area contributed by atoms with Crippen LogP contribution < -0.4 is 10.6 Å². The quantitative estimate of drug-likeness (QED) is 0.569. The number of benzene rings is 3. The van der Waals surface area contributed by atoms with Gasteiger partial charge in [0.25, 0.3) is 0 Å². The molecule has 0 radical (unpaired) electrons. The van der Waals surface area contributed by atoms with Gasteiger partial charge in [-0.3, -0.25) is 19.3 Å². The molecule has 1 aliphatic heterocycles. The number of aliphatic carboxylic acids is 1. The molecule has 0 aliphatic carbocycles. The van der Waals surface area contributed by atoms with Gasteiger partial charge in [0.2, 0.25) is 11.8 Å². The molecular weight excluding hydrogens is 436 g/mol. The number of carboxylic acids is 1. The fourth-order valence-electron chi connectivity index (χ4n) is 3.54. The summed E-state index contributed by atoms with van der Waals surface area (Å²) in [5.74, 6) is 4.27. The Kier molecular flexibility index (Phi) is 6.48. The highest BCUT2D eigenvalue weighted by molar-refractivity contribution is 8.01. The van der Waals surface area contributed by atoms with Crippen molar-refractivity contribution in [3.8, 4) is 11.8 Å². The van der Waals surface area contributed by atoms with E-state index < -0.39 is 22.5 Å². The molecule has 1 aliphatic rings. The summed E-state index contributed by atoms with van der Waals surface area (Å²) in [7, 11) is 0. The predicted molar refractivity (Wildman–Crippen MR) is 128 cm³/mol. The zero-order valence-electron chi connectivity index (χ0n) is 17.5. The minimum Gasteiger partial charge on any atom is -0.481 e. The molecule has 3 aromatic rings. The van der Waals surface area contributed by atoms with Crippen LogP contribution >= 0.6 is 11.8 Å². The molecule has 0 spiro atoms. The number of anilines is 1. The van der Waals surface area contributed by atoms with Crippen molar-refractivity contribution in [3.63, 3.8) is 0 Å². The summed E-state index contributed by atoms with van der Waals surface area (Å²) in [5.41, 5.74) is 8.74. The van der Waals surface area contributed by atoms with E-state index in [4.69, 9.17) is 5.73 Å². The first-order valence-electron chi connectivity index (χ1n) is 10.2. The van der Waals surface area contributed by atoms with Crippen molar-refractivity contribution in [1.82, 2.24) is 0 Å². The molecular formula is C26H20N2O4S. The molecule has 7 heteroatoms. The van der Waals surface area contributed by atoms with Crippen molar-refractivity contribution in [3.05, 3.63) is 101 Å². The monoisotopic (exact) mass is 456 g/mol. The maximum Gasteiger partial charge on any atom is 0.305 e. The van der Waals surface area contributed by atoms with Gasteiger partial charge >= 0.3 is 5.97 Å². The number of carbonyl (C=O) groups is 3. The fraction of sp³-hybridized carbons (Fsp3) is 0.115. The third-order valence-corrected chi connectivity index (χ3v) is 6.57. The lowest BCUT2D eigenvalue weighted by Crippen LogP contribution is -2.32. The minimum absolute atomic E-state index is 0.275. The van der Waals surface area contributed by atoms with E-state index >= 15 is 0 Å². The zero-order valence-corrected chi connectivity index (χ0v) is 18.3. The van der Waals surface area contributed by atoms with Crippen LogP contribution in [0.3, 0.4) is 0 Å². The van der Waals surface area contributed by atoms with Crippen LogP contribution in [-0.4, -0.2) is 28.1 Å². The molecule has 1 saturated heterocycles. The second-order valence-electron chi connectivity index (χ2n) is 7.44.